The van der Waals surface area contributed by atoms with E-state index in [-0.39, 0.29) is 18.1 Å². The standard InChI is InChI=1S/C10H23NO3S/c1-2-15(13,14)10-8-11-7-5-3-4-6-9-12/h11-12H,2-10H2,1H3. The van der Waals surface area contributed by atoms with Gasteiger partial charge in [0, 0.05) is 18.9 Å². The van der Waals surface area contributed by atoms with Crippen molar-refractivity contribution in [3.63, 3.8) is 0 Å². The molecule has 0 spiro atoms. The molecule has 0 aromatic heterocycles. The summed E-state index contributed by atoms with van der Waals surface area (Å²) in [6, 6.07) is 0. The Morgan fingerprint density at radius 3 is 2.33 bits per heavy atom. The highest BCUT2D eigenvalue weighted by molar-refractivity contribution is 7.91. The fourth-order valence-corrected chi connectivity index (χ4v) is 1.96. The van der Waals surface area contributed by atoms with Crippen LogP contribution in [-0.4, -0.2) is 44.7 Å². The summed E-state index contributed by atoms with van der Waals surface area (Å²) in [5.74, 6) is 0.464. The predicted molar refractivity (Wildman–Crippen MR) is 62.8 cm³/mol. The number of nitrogens with one attached hydrogen (secondary N) is 1. The molecule has 0 amide bonds. The van der Waals surface area contributed by atoms with Gasteiger partial charge >= 0.3 is 0 Å². The van der Waals surface area contributed by atoms with Crippen molar-refractivity contribution in [1.29, 1.82) is 0 Å². The first-order valence-electron chi connectivity index (χ1n) is 5.64. The van der Waals surface area contributed by atoms with E-state index in [0.717, 1.165) is 32.2 Å². The fourth-order valence-electron chi connectivity index (χ4n) is 1.21. The highest BCUT2D eigenvalue weighted by Crippen LogP contribution is 1.97. The van der Waals surface area contributed by atoms with E-state index in [1.165, 1.54) is 0 Å². The Kier molecular flexibility index (Phi) is 9.04. The van der Waals surface area contributed by atoms with Gasteiger partial charge in [-0.1, -0.05) is 19.8 Å². The van der Waals surface area contributed by atoms with E-state index in [0.29, 0.717) is 6.54 Å². The zero-order chi connectivity index (χ0) is 11.6. The second kappa shape index (κ2) is 9.12. The maximum atomic E-state index is 11.1. The van der Waals surface area contributed by atoms with Crippen molar-refractivity contribution in [1.82, 2.24) is 5.32 Å². The van der Waals surface area contributed by atoms with E-state index in [1.54, 1.807) is 6.92 Å². The van der Waals surface area contributed by atoms with Gasteiger partial charge in [0.25, 0.3) is 0 Å². The molecule has 0 aromatic carbocycles. The minimum Gasteiger partial charge on any atom is -0.396 e. The number of aliphatic hydroxyl groups is 1. The molecule has 0 atom stereocenters. The Morgan fingerprint density at radius 2 is 1.73 bits per heavy atom. The van der Waals surface area contributed by atoms with Gasteiger partial charge < -0.3 is 10.4 Å². The maximum Gasteiger partial charge on any atom is 0.151 e. The summed E-state index contributed by atoms with van der Waals surface area (Å²) in [5.41, 5.74) is 0. The smallest absolute Gasteiger partial charge is 0.151 e. The summed E-state index contributed by atoms with van der Waals surface area (Å²) in [4.78, 5) is 0. The van der Waals surface area contributed by atoms with Crippen LogP contribution in [0.4, 0.5) is 0 Å². The zero-order valence-electron chi connectivity index (χ0n) is 9.54. The average Bonchev–Trinajstić information content (AvgIpc) is 2.22. The fraction of sp³-hybridized carbons (Fsp3) is 1.00. The highest BCUT2D eigenvalue weighted by Gasteiger charge is 2.05. The highest BCUT2D eigenvalue weighted by atomic mass is 32.2. The normalized spacial score (nSPS) is 11.9. The van der Waals surface area contributed by atoms with Gasteiger partial charge in [0.1, 0.15) is 0 Å². The van der Waals surface area contributed by atoms with Crippen molar-refractivity contribution >= 4 is 9.84 Å². The van der Waals surface area contributed by atoms with Crippen molar-refractivity contribution in [2.24, 2.45) is 0 Å². The summed E-state index contributed by atoms with van der Waals surface area (Å²) in [7, 11) is -2.82. The molecule has 4 nitrogen and oxygen atoms in total. The molecule has 0 bridgehead atoms. The summed E-state index contributed by atoms with van der Waals surface area (Å²) in [6.07, 6.45) is 4.05. The molecule has 0 rings (SSSR count). The molecule has 0 saturated heterocycles. The average molecular weight is 237 g/mol. The van der Waals surface area contributed by atoms with Crippen molar-refractivity contribution in [3.05, 3.63) is 0 Å². The van der Waals surface area contributed by atoms with Gasteiger partial charge in [-0.05, 0) is 19.4 Å². The Morgan fingerprint density at radius 1 is 1.07 bits per heavy atom. The summed E-state index contributed by atoms with van der Waals surface area (Å²) >= 11 is 0. The number of aliphatic hydroxyl groups excluding tert-OH is 1. The van der Waals surface area contributed by atoms with Crippen LogP contribution in [0.2, 0.25) is 0 Å². The first-order valence-corrected chi connectivity index (χ1v) is 7.46. The van der Waals surface area contributed by atoms with Crippen LogP contribution in [0.3, 0.4) is 0 Å². The predicted octanol–water partition coefficient (Wildman–Crippen LogP) is 0.563. The third kappa shape index (κ3) is 10.2. The molecule has 0 unspecified atom stereocenters. The molecule has 2 N–H and O–H groups in total. The molecular weight excluding hydrogens is 214 g/mol. The lowest BCUT2D eigenvalue weighted by atomic mass is 10.2. The maximum absolute atomic E-state index is 11.1. The van der Waals surface area contributed by atoms with Gasteiger partial charge in [0.05, 0.1) is 5.75 Å². The summed E-state index contributed by atoms with van der Waals surface area (Å²) in [6.45, 7) is 3.35. The molecule has 0 aromatic rings. The summed E-state index contributed by atoms with van der Waals surface area (Å²) < 4.78 is 22.2. The molecule has 0 fully saturated rings. The largest absolute Gasteiger partial charge is 0.396 e. The molecule has 0 aliphatic heterocycles. The molecule has 92 valence electrons. The Bertz CT molecular complexity index is 227. The van der Waals surface area contributed by atoms with Crippen LogP contribution in [0.25, 0.3) is 0 Å². The molecule has 0 aliphatic rings. The number of hydrogen-bond donors (Lipinski definition) is 2. The van der Waals surface area contributed by atoms with Gasteiger partial charge in [-0.25, -0.2) is 8.42 Å². The van der Waals surface area contributed by atoms with Gasteiger partial charge in [-0.15, -0.1) is 0 Å². The molecule has 0 saturated carbocycles. The third-order valence-corrected chi connectivity index (χ3v) is 4.00. The molecule has 0 radical (unpaired) electrons. The van der Waals surface area contributed by atoms with Crippen LogP contribution in [0.5, 0.6) is 0 Å². The van der Waals surface area contributed by atoms with Crippen molar-refractivity contribution in [3.8, 4) is 0 Å². The quantitative estimate of drug-likeness (QED) is 0.545. The van der Waals surface area contributed by atoms with Crippen LogP contribution >= 0.6 is 0 Å². The SMILES string of the molecule is CCS(=O)(=O)CCNCCCCCCO. The van der Waals surface area contributed by atoms with Gasteiger partial charge in [0.2, 0.25) is 0 Å². The van der Waals surface area contributed by atoms with Crippen LogP contribution in [0, 0.1) is 0 Å². The first-order chi connectivity index (χ1) is 7.12. The third-order valence-electron chi connectivity index (χ3n) is 2.29. The lowest BCUT2D eigenvalue weighted by Gasteiger charge is -2.04. The van der Waals surface area contributed by atoms with E-state index >= 15 is 0 Å². The van der Waals surface area contributed by atoms with E-state index in [4.69, 9.17) is 5.11 Å². The van der Waals surface area contributed by atoms with E-state index < -0.39 is 9.84 Å². The van der Waals surface area contributed by atoms with Crippen LogP contribution in [0.1, 0.15) is 32.6 Å². The lowest BCUT2D eigenvalue weighted by Crippen LogP contribution is -2.24. The Labute approximate surface area is 93.0 Å². The second-order valence-electron chi connectivity index (χ2n) is 3.62. The topological polar surface area (TPSA) is 66.4 Å². The van der Waals surface area contributed by atoms with E-state index in [9.17, 15) is 8.42 Å². The van der Waals surface area contributed by atoms with Gasteiger partial charge in [-0.3, -0.25) is 0 Å². The molecule has 15 heavy (non-hydrogen) atoms. The van der Waals surface area contributed by atoms with Crippen LogP contribution in [-0.2, 0) is 9.84 Å². The lowest BCUT2D eigenvalue weighted by molar-refractivity contribution is 0.282. The molecular formula is C10H23NO3S. The monoisotopic (exact) mass is 237 g/mol. The number of unbranched alkanes of at least 4 members (excludes halogenated alkanes) is 3. The number of hydrogen-bond acceptors (Lipinski definition) is 4. The minimum atomic E-state index is -2.82. The Hall–Kier alpha value is -0.130. The van der Waals surface area contributed by atoms with Gasteiger partial charge in [-0.2, -0.15) is 0 Å². The van der Waals surface area contributed by atoms with Crippen molar-refractivity contribution in [2.45, 2.75) is 32.6 Å². The molecule has 0 aliphatic carbocycles. The first kappa shape index (κ1) is 14.9. The second-order valence-corrected chi connectivity index (χ2v) is 6.10. The molecule has 5 heteroatoms. The van der Waals surface area contributed by atoms with Crippen molar-refractivity contribution in [2.75, 3.05) is 31.2 Å². The molecule has 0 heterocycles. The van der Waals surface area contributed by atoms with Crippen LogP contribution in [0.15, 0.2) is 0 Å². The van der Waals surface area contributed by atoms with Gasteiger partial charge in [0.15, 0.2) is 9.84 Å². The zero-order valence-corrected chi connectivity index (χ0v) is 10.4. The number of rotatable bonds is 10. The van der Waals surface area contributed by atoms with E-state index in [2.05, 4.69) is 5.32 Å². The number of sulfone groups is 1. The van der Waals surface area contributed by atoms with Crippen molar-refractivity contribution < 1.29 is 13.5 Å². The Balaban J connectivity index is 3.19. The van der Waals surface area contributed by atoms with Crippen LogP contribution < -0.4 is 5.32 Å². The van der Waals surface area contributed by atoms with E-state index in [1.807, 2.05) is 0 Å². The summed E-state index contributed by atoms with van der Waals surface area (Å²) in [5, 5.41) is 11.7. The minimum absolute atomic E-state index is 0.227.